The maximum absolute atomic E-state index is 5.96. The second-order valence-electron chi connectivity index (χ2n) is 17.5. The van der Waals surface area contributed by atoms with E-state index in [2.05, 4.69) is 214 Å². The largest absolute Gasteiger partial charge is 0.252 e. The van der Waals surface area contributed by atoms with E-state index in [0.29, 0.717) is 5.92 Å². The molecule has 0 bridgehead atoms. The van der Waals surface area contributed by atoms with Crippen molar-refractivity contribution in [1.82, 2.24) is 0 Å². The highest BCUT2D eigenvalue weighted by molar-refractivity contribution is 6.12. The third-order valence-electron chi connectivity index (χ3n) is 14.8. The fraction of sp³-hybridized carbons (Fsp3) is 0.150. The molecule has 1 heterocycles. The average Bonchev–Trinajstić information content (AvgIpc) is 3.79. The van der Waals surface area contributed by atoms with Crippen LogP contribution in [0.4, 0.5) is 0 Å². The molecule has 12 rings (SSSR count). The molecule has 0 saturated carbocycles. The lowest BCUT2D eigenvalue weighted by atomic mass is 9.52. The van der Waals surface area contributed by atoms with Crippen molar-refractivity contribution in [3.8, 4) is 22.3 Å². The lowest BCUT2D eigenvalue weighted by Crippen LogP contribution is -2.43. The summed E-state index contributed by atoms with van der Waals surface area (Å²) in [5, 5.41) is 0. The van der Waals surface area contributed by atoms with Gasteiger partial charge in [0.2, 0.25) is 0 Å². The van der Waals surface area contributed by atoms with E-state index in [-0.39, 0.29) is 5.92 Å². The fourth-order valence-electron chi connectivity index (χ4n) is 12.4. The Kier molecular flexibility index (Phi) is 8.19. The molecule has 0 aromatic heterocycles. The zero-order chi connectivity index (χ0) is 40.7. The molecule has 0 fully saturated rings. The third kappa shape index (κ3) is 4.86. The number of allylic oxidation sites excluding steroid dienone is 1. The maximum Gasteiger partial charge on any atom is 0.0720 e. The fourth-order valence-corrected chi connectivity index (χ4v) is 12.4. The molecule has 2 spiro atoms. The summed E-state index contributed by atoms with van der Waals surface area (Å²) >= 11 is 0. The van der Waals surface area contributed by atoms with Crippen molar-refractivity contribution < 1.29 is 0 Å². The van der Waals surface area contributed by atoms with Gasteiger partial charge in [-0.05, 0) is 110 Å². The summed E-state index contributed by atoms with van der Waals surface area (Å²) in [6.45, 7) is 4.68. The molecule has 0 N–H and O–H groups in total. The van der Waals surface area contributed by atoms with E-state index < -0.39 is 10.8 Å². The van der Waals surface area contributed by atoms with Crippen LogP contribution in [-0.4, -0.2) is 5.71 Å². The van der Waals surface area contributed by atoms with Crippen LogP contribution in [0.2, 0.25) is 0 Å². The van der Waals surface area contributed by atoms with Crippen molar-refractivity contribution in [3.63, 3.8) is 0 Å². The minimum atomic E-state index is -0.552. The van der Waals surface area contributed by atoms with Crippen LogP contribution in [0.1, 0.15) is 100 Å². The summed E-state index contributed by atoms with van der Waals surface area (Å²) in [6, 6.07) is 75.8. The number of benzene rings is 8. The highest BCUT2D eigenvalue weighted by Crippen LogP contribution is 2.67. The molecule has 1 aliphatic heterocycles. The van der Waals surface area contributed by atoms with Crippen molar-refractivity contribution in [2.75, 3.05) is 0 Å². The lowest BCUT2D eigenvalue weighted by molar-refractivity contribution is 0.486. The van der Waals surface area contributed by atoms with Gasteiger partial charge in [0.25, 0.3) is 0 Å². The standard InChI is InChI=1S/C60H47N/c1-3-42-43(40-21-6-4-7-22-40)38-37-39(2)57(41-23-8-5-9-24-41)61-58(42)47-28-20-36-55-56(47)46-27-12-15-31-50(46)60(55)53-34-18-16-32-51(53)59(52-33-17-19-35-54(52)60)48-29-13-10-25-44(48)45-26-11-14-30-49(45)59/h4-36,42-43H,3,37-38H2,1-2H3/b57-39+,61-58+. The van der Waals surface area contributed by atoms with Gasteiger partial charge in [-0.2, -0.15) is 0 Å². The van der Waals surface area contributed by atoms with Crippen molar-refractivity contribution in [3.05, 3.63) is 267 Å². The average molecular weight is 782 g/mol. The van der Waals surface area contributed by atoms with Crippen LogP contribution in [0.25, 0.3) is 28.0 Å². The smallest absolute Gasteiger partial charge is 0.0720 e. The Morgan fingerprint density at radius 1 is 0.443 bits per heavy atom. The zero-order valence-electron chi connectivity index (χ0n) is 34.8. The molecule has 4 aliphatic rings. The van der Waals surface area contributed by atoms with E-state index >= 15 is 0 Å². The monoisotopic (exact) mass is 781 g/mol. The van der Waals surface area contributed by atoms with Crippen LogP contribution < -0.4 is 0 Å². The quantitative estimate of drug-likeness (QED) is 0.169. The highest BCUT2D eigenvalue weighted by Gasteiger charge is 2.59. The molecule has 1 nitrogen and oxygen atoms in total. The van der Waals surface area contributed by atoms with Crippen LogP contribution in [0.3, 0.4) is 0 Å². The Labute approximate surface area is 359 Å². The molecule has 292 valence electrons. The number of hydrogen-bond acceptors (Lipinski definition) is 1. The zero-order valence-corrected chi connectivity index (χ0v) is 34.8. The van der Waals surface area contributed by atoms with Gasteiger partial charge in [0, 0.05) is 17.0 Å². The second kappa shape index (κ2) is 13.9. The Morgan fingerprint density at radius 3 is 1.43 bits per heavy atom. The Hall–Kier alpha value is -6.83. The summed E-state index contributed by atoms with van der Waals surface area (Å²) in [5.41, 5.74) is 22.6. The van der Waals surface area contributed by atoms with Crippen LogP contribution in [0, 0.1) is 5.92 Å². The molecule has 0 amide bonds. The second-order valence-corrected chi connectivity index (χ2v) is 17.5. The molecule has 8 aromatic carbocycles. The molecule has 2 atom stereocenters. The predicted octanol–water partition coefficient (Wildman–Crippen LogP) is 14.6. The van der Waals surface area contributed by atoms with E-state index in [1.165, 1.54) is 94.7 Å². The summed E-state index contributed by atoms with van der Waals surface area (Å²) < 4.78 is 0. The lowest BCUT2D eigenvalue weighted by Gasteiger charge is -2.48. The molecule has 61 heavy (non-hydrogen) atoms. The minimum absolute atomic E-state index is 0.213. The SMILES string of the molecule is CCC1/C(c2cccc3c2-c2ccccc2C32c3ccccc3C3(c4ccccc4-c4ccccc43)c3ccccc32)=N\C(c2ccccc2)=C(/C)CCC1c1ccccc1. The Bertz CT molecular complexity index is 3000. The first-order chi connectivity index (χ1) is 30.2. The van der Waals surface area contributed by atoms with E-state index in [4.69, 9.17) is 4.99 Å². The predicted molar refractivity (Wildman–Crippen MR) is 252 cm³/mol. The van der Waals surface area contributed by atoms with Gasteiger partial charge in [-0.3, -0.25) is 4.99 Å². The van der Waals surface area contributed by atoms with Gasteiger partial charge in [-0.15, -0.1) is 0 Å². The molecule has 1 heteroatoms. The maximum atomic E-state index is 5.96. The minimum Gasteiger partial charge on any atom is -0.252 e. The number of hydrogen-bond donors (Lipinski definition) is 0. The normalized spacial score (nSPS) is 20.6. The van der Waals surface area contributed by atoms with Crippen molar-refractivity contribution >= 4 is 11.4 Å². The summed E-state index contributed by atoms with van der Waals surface area (Å²) in [4.78, 5) is 5.96. The van der Waals surface area contributed by atoms with Crippen molar-refractivity contribution in [1.29, 1.82) is 0 Å². The Balaban J connectivity index is 1.18. The van der Waals surface area contributed by atoms with E-state index in [1.54, 1.807) is 0 Å². The topological polar surface area (TPSA) is 12.4 Å². The molecule has 8 aromatic rings. The first-order valence-corrected chi connectivity index (χ1v) is 22.2. The highest BCUT2D eigenvalue weighted by atomic mass is 14.8. The van der Waals surface area contributed by atoms with Gasteiger partial charge in [-0.25, -0.2) is 0 Å². The van der Waals surface area contributed by atoms with E-state index in [0.717, 1.165) is 25.0 Å². The number of nitrogens with zero attached hydrogens (tertiary/aromatic N) is 1. The van der Waals surface area contributed by atoms with Crippen molar-refractivity contribution in [2.24, 2.45) is 10.9 Å². The molecule has 0 saturated heterocycles. The number of fused-ring (bicyclic) bond motifs is 16. The summed E-state index contributed by atoms with van der Waals surface area (Å²) in [6.07, 6.45) is 3.07. The van der Waals surface area contributed by atoms with Crippen LogP contribution in [-0.2, 0) is 10.8 Å². The molecular weight excluding hydrogens is 735 g/mol. The molecular formula is C60H47N. The van der Waals surface area contributed by atoms with Gasteiger partial charge in [0.05, 0.1) is 22.2 Å². The molecule has 2 unspecified atom stereocenters. The van der Waals surface area contributed by atoms with Crippen molar-refractivity contribution in [2.45, 2.75) is 49.9 Å². The van der Waals surface area contributed by atoms with Crippen LogP contribution in [0.5, 0.6) is 0 Å². The van der Waals surface area contributed by atoms with Crippen LogP contribution in [0.15, 0.2) is 211 Å². The molecule has 0 radical (unpaired) electrons. The van der Waals surface area contributed by atoms with Gasteiger partial charge < -0.3 is 0 Å². The van der Waals surface area contributed by atoms with Gasteiger partial charge >= 0.3 is 0 Å². The number of aliphatic imine (C=N–C) groups is 1. The Morgan fingerprint density at radius 2 is 0.869 bits per heavy atom. The first-order valence-electron chi connectivity index (χ1n) is 22.2. The third-order valence-corrected chi connectivity index (χ3v) is 14.8. The number of rotatable bonds is 4. The van der Waals surface area contributed by atoms with E-state index in [1.807, 2.05) is 0 Å². The van der Waals surface area contributed by atoms with Gasteiger partial charge in [0.1, 0.15) is 0 Å². The summed E-state index contributed by atoms with van der Waals surface area (Å²) in [5.74, 6) is 0.544. The first kappa shape index (κ1) is 36.1. The van der Waals surface area contributed by atoms with Gasteiger partial charge in [0.15, 0.2) is 0 Å². The van der Waals surface area contributed by atoms with E-state index in [9.17, 15) is 0 Å². The molecule has 3 aliphatic carbocycles. The summed E-state index contributed by atoms with van der Waals surface area (Å²) in [7, 11) is 0. The van der Waals surface area contributed by atoms with Gasteiger partial charge in [-0.1, -0.05) is 207 Å². The van der Waals surface area contributed by atoms with Crippen LogP contribution >= 0.6 is 0 Å².